The molecule has 4 rings (SSSR count). The topological polar surface area (TPSA) is 421 Å². The minimum atomic E-state index is -1.68. The number of aliphatic hydroxyl groups is 7. The van der Waals surface area contributed by atoms with Crippen LogP contribution in [-0.4, -0.2) is 197 Å². The van der Waals surface area contributed by atoms with Crippen molar-refractivity contribution in [3.8, 4) is 0 Å². The Kier molecular flexibility index (Phi) is 17.7. The van der Waals surface area contributed by atoms with Crippen LogP contribution in [0, 0.1) is 5.92 Å². The first-order valence-corrected chi connectivity index (χ1v) is 18.7. The van der Waals surface area contributed by atoms with Gasteiger partial charge < -0.3 is 110 Å². The van der Waals surface area contributed by atoms with Crippen molar-refractivity contribution in [2.45, 2.75) is 142 Å². The Morgan fingerprint density at radius 1 is 0.800 bits per heavy atom. The van der Waals surface area contributed by atoms with Crippen LogP contribution in [0.1, 0.15) is 32.1 Å². The van der Waals surface area contributed by atoms with Crippen molar-refractivity contribution in [2.24, 2.45) is 51.0 Å². The first-order valence-electron chi connectivity index (χ1n) is 18.7. The van der Waals surface area contributed by atoms with E-state index in [4.69, 9.17) is 68.6 Å². The lowest BCUT2D eigenvalue weighted by molar-refractivity contribution is -0.299. The summed E-state index contributed by atoms with van der Waals surface area (Å²) in [7, 11) is 0. The zero-order chi connectivity index (χ0) is 40.6. The SMILES string of the molecule is NCCCNC[C@H]1O[C@H](O[C@H]2[C@H](O[C@@H]3O[C@H](CO)[C@@H](O[C@H]4O[C@@H](CN)[C@@H](O)[C@H](O)[C@H]4N)[C@H]3O)[C@@H](O)[C@H](CC(=O)[C@@H](O)CCN=C(N)N)C[C@@H]2N)[C@H](N)C[C@@H]1O. The van der Waals surface area contributed by atoms with Gasteiger partial charge in [0, 0.05) is 38.5 Å². The average molecular weight is 798 g/mol. The van der Waals surface area contributed by atoms with Crippen LogP contribution in [0.2, 0.25) is 0 Å². The van der Waals surface area contributed by atoms with Crippen LogP contribution in [0.4, 0.5) is 0 Å². The third-order valence-corrected chi connectivity index (χ3v) is 10.5. The van der Waals surface area contributed by atoms with Crippen LogP contribution in [0.3, 0.4) is 0 Å². The molecule has 0 amide bonds. The van der Waals surface area contributed by atoms with Gasteiger partial charge in [-0.1, -0.05) is 0 Å². The highest BCUT2D eigenvalue weighted by Gasteiger charge is 2.54. The van der Waals surface area contributed by atoms with E-state index in [1.807, 2.05) is 0 Å². The fourth-order valence-corrected chi connectivity index (χ4v) is 7.30. The van der Waals surface area contributed by atoms with Crippen LogP contribution in [0.5, 0.6) is 0 Å². The number of ether oxygens (including phenoxy) is 6. The molecule has 1 aliphatic carbocycles. The molecule has 320 valence electrons. The van der Waals surface area contributed by atoms with Gasteiger partial charge in [0.2, 0.25) is 0 Å². The molecule has 0 unspecified atom stereocenters. The first kappa shape index (κ1) is 45.9. The van der Waals surface area contributed by atoms with E-state index in [0.717, 1.165) is 0 Å². The van der Waals surface area contributed by atoms with Gasteiger partial charge in [-0.05, 0) is 38.3 Å². The van der Waals surface area contributed by atoms with Crippen molar-refractivity contribution in [1.29, 1.82) is 0 Å². The predicted octanol–water partition coefficient (Wildman–Crippen LogP) is -8.61. The number of aliphatic hydroxyl groups excluding tert-OH is 7. The third-order valence-electron chi connectivity index (χ3n) is 10.5. The average Bonchev–Trinajstić information content (AvgIpc) is 3.44. The molecule has 3 saturated heterocycles. The number of Topliss-reactive ketones (excluding diaryl/α,β-unsaturated/α-hetero) is 1. The molecule has 0 aromatic heterocycles. The van der Waals surface area contributed by atoms with E-state index in [1.54, 1.807) is 0 Å². The summed E-state index contributed by atoms with van der Waals surface area (Å²) < 4.78 is 36.0. The van der Waals surface area contributed by atoms with E-state index in [0.29, 0.717) is 19.5 Å². The Bertz CT molecular complexity index is 1210. The minimum absolute atomic E-state index is 0.0131. The van der Waals surface area contributed by atoms with Crippen molar-refractivity contribution in [3.05, 3.63) is 0 Å². The van der Waals surface area contributed by atoms with Gasteiger partial charge >= 0.3 is 0 Å². The maximum Gasteiger partial charge on any atom is 0.187 e. The lowest BCUT2D eigenvalue weighted by Crippen LogP contribution is -2.64. The van der Waals surface area contributed by atoms with Crippen molar-refractivity contribution >= 4 is 11.7 Å². The zero-order valence-corrected chi connectivity index (χ0v) is 30.7. The first-order chi connectivity index (χ1) is 26.1. The largest absolute Gasteiger partial charge is 0.394 e. The van der Waals surface area contributed by atoms with Crippen LogP contribution < -0.4 is 45.5 Å². The highest BCUT2D eigenvalue weighted by molar-refractivity contribution is 5.83. The molecule has 4 aliphatic rings. The monoisotopic (exact) mass is 797 g/mol. The highest BCUT2D eigenvalue weighted by atomic mass is 16.8. The van der Waals surface area contributed by atoms with Gasteiger partial charge in [-0.25, -0.2) is 0 Å². The lowest BCUT2D eigenvalue weighted by Gasteiger charge is -2.47. The number of nitrogens with two attached hydrogens (primary N) is 7. The van der Waals surface area contributed by atoms with Crippen LogP contribution in [-0.2, 0) is 33.2 Å². The molecule has 55 heavy (non-hydrogen) atoms. The Morgan fingerprint density at radius 3 is 2.11 bits per heavy atom. The van der Waals surface area contributed by atoms with Gasteiger partial charge in [-0.2, -0.15) is 0 Å². The fourth-order valence-electron chi connectivity index (χ4n) is 7.30. The molecule has 3 aliphatic heterocycles. The molecule has 0 bridgehead atoms. The third kappa shape index (κ3) is 11.7. The number of nitrogens with one attached hydrogen (secondary N) is 1. The van der Waals surface area contributed by atoms with E-state index in [2.05, 4.69) is 10.3 Å². The molecular weight excluding hydrogens is 734 g/mol. The predicted molar refractivity (Wildman–Crippen MR) is 191 cm³/mol. The number of rotatable bonds is 19. The number of ketones is 1. The summed E-state index contributed by atoms with van der Waals surface area (Å²) in [5.74, 6) is -1.71. The number of nitrogens with zero attached hydrogens (tertiary/aromatic N) is 1. The quantitative estimate of drug-likeness (QED) is 0.0328. The molecule has 0 aromatic rings. The molecular formula is C32H63N9O14. The number of hydrogen-bond acceptors (Lipinski definition) is 21. The Hall–Kier alpha value is -1.82. The summed E-state index contributed by atoms with van der Waals surface area (Å²) in [4.78, 5) is 16.9. The van der Waals surface area contributed by atoms with Gasteiger partial charge in [0.1, 0.15) is 54.9 Å². The van der Waals surface area contributed by atoms with Crippen molar-refractivity contribution in [3.63, 3.8) is 0 Å². The molecule has 0 spiro atoms. The smallest absolute Gasteiger partial charge is 0.187 e. The second-order valence-corrected chi connectivity index (χ2v) is 14.6. The summed E-state index contributed by atoms with van der Waals surface area (Å²) in [5, 5.41) is 78.5. The number of hydrogen-bond donors (Lipinski definition) is 15. The van der Waals surface area contributed by atoms with E-state index < -0.39 is 129 Å². The molecule has 1 saturated carbocycles. The maximum atomic E-state index is 13.1. The minimum Gasteiger partial charge on any atom is -0.394 e. The summed E-state index contributed by atoms with van der Waals surface area (Å²) in [6.45, 7) is 0.409. The van der Waals surface area contributed by atoms with Gasteiger partial charge in [0.15, 0.2) is 30.6 Å². The van der Waals surface area contributed by atoms with Crippen LogP contribution >= 0.6 is 0 Å². The van der Waals surface area contributed by atoms with E-state index in [-0.39, 0.29) is 51.3 Å². The lowest BCUT2D eigenvalue weighted by atomic mass is 9.76. The highest BCUT2D eigenvalue weighted by Crippen LogP contribution is 2.37. The maximum absolute atomic E-state index is 13.1. The van der Waals surface area contributed by atoms with Crippen molar-refractivity contribution in [1.82, 2.24) is 5.32 Å². The Balaban J connectivity index is 1.54. The number of guanidine groups is 1. The molecule has 0 radical (unpaired) electrons. The second-order valence-electron chi connectivity index (χ2n) is 14.6. The molecule has 4 fully saturated rings. The Labute approximate surface area is 318 Å². The van der Waals surface area contributed by atoms with Crippen LogP contribution in [0.25, 0.3) is 0 Å². The van der Waals surface area contributed by atoms with Gasteiger partial charge in [0.05, 0.1) is 37.0 Å². The van der Waals surface area contributed by atoms with E-state index >= 15 is 0 Å². The Morgan fingerprint density at radius 2 is 1.45 bits per heavy atom. The number of carbonyl (C=O) groups excluding carboxylic acids is 1. The van der Waals surface area contributed by atoms with Crippen molar-refractivity contribution in [2.75, 3.05) is 39.3 Å². The molecule has 19 atom stereocenters. The number of carbonyl (C=O) groups is 1. The molecule has 22 N–H and O–H groups in total. The molecule has 0 aromatic carbocycles. The summed E-state index contributed by atoms with van der Waals surface area (Å²) in [6, 6.07) is -3.07. The zero-order valence-electron chi connectivity index (χ0n) is 30.7. The summed E-state index contributed by atoms with van der Waals surface area (Å²) in [6.07, 6.45) is -19.3. The standard InChI is InChI=1S/C32H63N9O14/c33-3-1-4-40-10-19-17(45)8-14(36)29(51-19)53-26-13(35)6-12(7-16(44)15(43)2-5-41-32(38)39)22(46)28(26)55-31-25(49)27(20(11-42)52-31)54-30-21(37)24(48)23(47)18(9-34)50-30/h12-15,17-31,40,42-43,45-49H,1-11,33-37H2,(H4,38,39,41)/t12-,13-,14+,15-,17-,18-,19+,20+,21+,22-,23+,24+,25+,26+,27+,28+,29+,30+,31-/m0/s1. The van der Waals surface area contributed by atoms with E-state index in [1.165, 1.54) is 0 Å². The van der Waals surface area contributed by atoms with Crippen LogP contribution in [0.15, 0.2) is 4.99 Å². The summed E-state index contributed by atoms with van der Waals surface area (Å²) in [5.41, 5.74) is 41.0. The van der Waals surface area contributed by atoms with Gasteiger partial charge in [-0.3, -0.25) is 9.79 Å². The summed E-state index contributed by atoms with van der Waals surface area (Å²) >= 11 is 0. The molecule has 23 nitrogen and oxygen atoms in total. The normalized spacial score (nSPS) is 42.9. The van der Waals surface area contributed by atoms with Gasteiger partial charge in [-0.15, -0.1) is 0 Å². The fraction of sp³-hybridized carbons (Fsp3) is 0.938. The van der Waals surface area contributed by atoms with Crippen molar-refractivity contribution < 1.29 is 69.0 Å². The number of aliphatic imine (C=N–C) groups is 1. The van der Waals surface area contributed by atoms with Gasteiger partial charge in [0.25, 0.3) is 0 Å². The van der Waals surface area contributed by atoms with E-state index in [9.17, 15) is 40.5 Å². The second kappa shape index (κ2) is 21.3. The molecule has 3 heterocycles. The molecule has 23 heteroatoms.